The molecule has 0 radical (unpaired) electrons. The van der Waals surface area contributed by atoms with Crippen molar-refractivity contribution in [2.45, 2.75) is 96.4 Å². The van der Waals surface area contributed by atoms with E-state index in [-0.39, 0.29) is 49.6 Å². The number of carbonyl (C=O) groups is 1. The molecule has 0 aliphatic rings. The van der Waals surface area contributed by atoms with Gasteiger partial charge in [0.1, 0.15) is 24.2 Å². The Morgan fingerprint density at radius 2 is 1.48 bits per heavy atom. The second kappa shape index (κ2) is 25.8. The average Bonchev–Trinajstić information content (AvgIpc) is 3.12. The average molecular weight is 803 g/mol. The third-order valence-corrected chi connectivity index (χ3v) is 8.54. The number of halogens is 1. The van der Waals surface area contributed by atoms with E-state index < -0.39 is 12.2 Å². The fourth-order valence-corrected chi connectivity index (χ4v) is 5.61. The number of esters is 1. The molecule has 0 fully saturated rings. The van der Waals surface area contributed by atoms with Crippen molar-refractivity contribution in [2.24, 2.45) is 11.8 Å². The molecule has 0 aliphatic carbocycles. The van der Waals surface area contributed by atoms with E-state index in [0.29, 0.717) is 25.9 Å². The molecule has 0 unspecified atom stereocenters. The molecular weight excluding hydrogens is 747 g/mol. The molecule has 0 saturated heterocycles. The highest BCUT2D eigenvalue weighted by Gasteiger charge is 2.25. The Balaban J connectivity index is 2.15. The number of ether oxygens (including phenoxy) is 5. The van der Waals surface area contributed by atoms with Gasteiger partial charge in [-0.25, -0.2) is 0 Å². The Hall–Kier alpha value is -3.14. The van der Waals surface area contributed by atoms with Crippen molar-refractivity contribution in [1.29, 1.82) is 0 Å². The lowest BCUT2D eigenvalue weighted by molar-refractivity contribution is -0.152. The van der Waals surface area contributed by atoms with Crippen LogP contribution in [0.5, 0.6) is 11.5 Å². The summed E-state index contributed by atoms with van der Waals surface area (Å²) >= 11 is 2.13. The Kier molecular flexibility index (Phi) is 22.2. The summed E-state index contributed by atoms with van der Waals surface area (Å²) in [7, 11) is 3.24. The van der Waals surface area contributed by atoms with Crippen LogP contribution in [0.2, 0.25) is 0 Å². The van der Waals surface area contributed by atoms with E-state index >= 15 is 0 Å². The van der Waals surface area contributed by atoms with E-state index in [1.807, 2.05) is 71.7 Å². The molecule has 2 aromatic rings. The topological polar surface area (TPSA) is 104 Å². The molecule has 50 heavy (non-hydrogen) atoms. The van der Waals surface area contributed by atoms with Crippen LogP contribution in [-0.2, 0) is 32.2 Å². The summed E-state index contributed by atoms with van der Waals surface area (Å²) in [5, 5.41) is 19.6. The van der Waals surface area contributed by atoms with Crippen LogP contribution in [0.15, 0.2) is 83.5 Å². The van der Waals surface area contributed by atoms with Crippen LogP contribution in [0.3, 0.4) is 0 Å². The van der Waals surface area contributed by atoms with Gasteiger partial charge in [0.2, 0.25) is 0 Å². The third kappa shape index (κ3) is 18.2. The number of aliphatic hydroxyl groups is 2. The Labute approximate surface area is 313 Å². The van der Waals surface area contributed by atoms with E-state index in [0.717, 1.165) is 41.9 Å². The van der Waals surface area contributed by atoms with E-state index in [1.165, 1.54) is 0 Å². The van der Waals surface area contributed by atoms with E-state index in [1.54, 1.807) is 14.2 Å². The first-order valence-electron chi connectivity index (χ1n) is 17.2. The SMILES string of the molecule is C=CCCC[C@@H](O)C[C@@H](C)/C=C/[C@H](C)[C@H](/C=C/I)OC(=O)C[C@H](C[C@@H](CC#CCO)OCc1ccc(OC)cc1)OCc1ccc(OC)cc1. The van der Waals surface area contributed by atoms with Gasteiger partial charge < -0.3 is 33.9 Å². The quantitative estimate of drug-likeness (QED) is 0.0361. The summed E-state index contributed by atoms with van der Waals surface area (Å²) in [5.41, 5.74) is 1.90. The number of hydrogen-bond acceptors (Lipinski definition) is 8. The monoisotopic (exact) mass is 802 g/mol. The molecule has 0 aromatic heterocycles. The molecule has 0 amide bonds. The predicted octanol–water partition coefficient (Wildman–Crippen LogP) is 8.14. The lowest BCUT2D eigenvalue weighted by Crippen LogP contribution is -2.29. The first kappa shape index (κ1) is 43.0. The van der Waals surface area contributed by atoms with Crippen molar-refractivity contribution in [3.8, 4) is 23.3 Å². The van der Waals surface area contributed by atoms with E-state index in [2.05, 4.69) is 60.1 Å². The van der Waals surface area contributed by atoms with Crippen molar-refractivity contribution in [1.82, 2.24) is 0 Å². The van der Waals surface area contributed by atoms with Gasteiger partial charge in [-0.1, -0.05) is 90.8 Å². The van der Waals surface area contributed by atoms with Crippen LogP contribution < -0.4 is 9.47 Å². The highest BCUT2D eigenvalue weighted by Crippen LogP contribution is 2.22. The largest absolute Gasteiger partial charge is 0.497 e. The van der Waals surface area contributed by atoms with Gasteiger partial charge in [-0.05, 0) is 77.2 Å². The number of unbranched alkanes of at least 4 members (excludes halogenated alkanes) is 1. The van der Waals surface area contributed by atoms with Gasteiger partial charge in [0.25, 0.3) is 0 Å². The molecule has 274 valence electrons. The summed E-state index contributed by atoms with van der Waals surface area (Å²) in [6, 6.07) is 15.2. The number of hydrogen-bond donors (Lipinski definition) is 2. The van der Waals surface area contributed by atoms with Gasteiger partial charge in [0.05, 0.1) is 52.2 Å². The van der Waals surface area contributed by atoms with Gasteiger partial charge in [-0.15, -0.1) is 6.58 Å². The molecule has 0 aliphatic heterocycles. The zero-order valence-corrected chi connectivity index (χ0v) is 32.1. The summed E-state index contributed by atoms with van der Waals surface area (Å²) in [5.74, 6) is 6.89. The van der Waals surface area contributed by atoms with Crippen molar-refractivity contribution < 1.29 is 38.7 Å². The van der Waals surface area contributed by atoms with Crippen molar-refractivity contribution >= 4 is 28.6 Å². The van der Waals surface area contributed by atoms with Crippen LogP contribution in [0.1, 0.15) is 69.9 Å². The number of rotatable bonds is 24. The normalized spacial score (nSPS) is 15.0. The molecule has 0 bridgehead atoms. The van der Waals surface area contributed by atoms with Crippen LogP contribution >= 0.6 is 22.6 Å². The molecule has 0 heterocycles. The molecule has 2 aromatic carbocycles. The van der Waals surface area contributed by atoms with E-state index in [4.69, 9.17) is 23.7 Å². The van der Waals surface area contributed by atoms with Gasteiger partial charge in [0, 0.05) is 18.8 Å². The lowest BCUT2D eigenvalue weighted by atomic mass is 9.96. The highest BCUT2D eigenvalue weighted by atomic mass is 127. The van der Waals surface area contributed by atoms with Gasteiger partial charge in [-0.3, -0.25) is 4.79 Å². The molecule has 9 heteroatoms. The van der Waals surface area contributed by atoms with Crippen LogP contribution in [-0.4, -0.2) is 61.4 Å². The van der Waals surface area contributed by atoms with Crippen molar-refractivity contribution in [2.75, 3.05) is 20.8 Å². The zero-order chi connectivity index (χ0) is 36.6. The van der Waals surface area contributed by atoms with Crippen LogP contribution in [0.25, 0.3) is 0 Å². The minimum atomic E-state index is -0.529. The first-order chi connectivity index (χ1) is 24.2. The molecule has 0 spiro atoms. The van der Waals surface area contributed by atoms with Crippen molar-refractivity contribution in [3.05, 3.63) is 94.6 Å². The van der Waals surface area contributed by atoms with Gasteiger partial charge >= 0.3 is 5.97 Å². The summed E-state index contributed by atoms with van der Waals surface area (Å²) in [4.78, 5) is 13.5. The van der Waals surface area contributed by atoms with Crippen LogP contribution in [0, 0.1) is 23.7 Å². The van der Waals surface area contributed by atoms with Gasteiger partial charge in [0.15, 0.2) is 0 Å². The highest BCUT2D eigenvalue weighted by molar-refractivity contribution is 14.1. The number of allylic oxidation sites excluding steroid dienone is 2. The maximum Gasteiger partial charge on any atom is 0.309 e. The van der Waals surface area contributed by atoms with Crippen molar-refractivity contribution in [3.63, 3.8) is 0 Å². The zero-order valence-electron chi connectivity index (χ0n) is 30.0. The molecule has 6 atom stereocenters. The maximum absolute atomic E-state index is 13.5. The lowest BCUT2D eigenvalue weighted by Gasteiger charge is -2.25. The number of benzene rings is 2. The Bertz CT molecular complexity index is 1350. The minimum absolute atomic E-state index is 0.0152. The first-order valence-corrected chi connectivity index (χ1v) is 18.4. The van der Waals surface area contributed by atoms with Gasteiger partial charge in [-0.2, -0.15) is 0 Å². The molecule has 2 rings (SSSR count). The Morgan fingerprint density at radius 3 is 2.02 bits per heavy atom. The summed E-state index contributed by atoms with van der Waals surface area (Å²) < 4.78 is 31.1. The standard InChI is InChI=1S/C41H55IO8/c1-6-7-8-11-35(44)26-31(2)13-14-32(3)40(23-24-42)50-41(45)28-39(49-30-34-17-21-37(47-5)22-18-34)27-38(12-9-10-25-43)48-29-33-15-19-36(46-4)20-16-33/h6,13-24,31-32,35,38-40,43-44H,1,7-8,11-12,25-30H2,2-5H3/b14-13+,24-23+/t31-,32-,35+,38+,39-,40-/m0/s1. The van der Waals surface area contributed by atoms with E-state index in [9.17, 15) is 15.0 Å². The maximum atomic E-state index is 13.5. The molecule has 8 nitrogen and oxygen atoms in total. The molecule has 2 N–H and O–H groups in total. The smallest absolute Gasteiger partial charge is 0.309 e. The Morgan fingerprint density at radius 1 is 0.880 bits per heavy atom. The third-order valence-electron chi connectivity index (χ3n) is 8.12. The number of aliphatic hydroxyl groups excluding tert-OH is 2. The molecule has 0 saturated carbocycles. The second-order valence-electron chi connectivity index (χ2n) is 12.3. The fraction of sp³-hybridized carbons (Fsp3) is 0.488. The fourth-order valence-electron chi connectivity index (χ4n) is 5.20. The minimum Gasteiger partial charge on any atom is -0.497 e. The molecular formula is C41H55IO8. The number of carbonyl (C=O) groups excluding carboxylic acids is 1. The summed E-state index contributed by atoms with van der Waals surface area (Å²) in [6.45, 7) is 8.21. The summed E-state index contributed by atoms with van der Waals surface area (Å²) in [6.07, 6.45) is 10.2. The second-order valence-corrected chi connectivity index (χ2v) is 13.0. The number of methoxy groups -OCH3 is 2. The predicted molar refractivity (Wildman–Crippen MR) is 207 cm³/mol. The van der Waals surface area contributed by atoms with Crippen LogP contribution in [0.4, 0.5) is 0 Å².